The van der Waals surface area contributed by atoms with E-state index in [4.69, 9.17) is 5.11 Å². The first kappa shape index (κ1) is 12.9. The molecule has 0 aromatic carbocycles. The lowest BCUT2D eigenvalue weighted by Gasteiger charge is -2.28. The third-order valence-electron chi connectivity index (χ3n) is 2.34. The molecule has 0 saturated carbocycles. The monoisotopic (exact) mass is 189 g/mol. The summed E-state index contributed by atoms with van der Waals surface area (Å²) in [6.07, 6.45) is 0.933. The Morgan fingerprint density at radius 2 is 1.69 bits per heavy atom. The summed E-state index contributed by atoms with van der Waals surface area (Å²) in [6, 6.07) is 0. The molecule has 0 heterocycles. The summed E-state index contributed by atoms with van der Waals surface area (Å²) in [7, 11) is 0. The highest BCUT2D eigenvalue weighted by atomic mass is 16.3. The van der Waals surface area contributed by atoms with Gasteiger partial charge in [0.25, 0.3) is 0 Å². The zero-order valence-electron chi connectivity index (χ0n) is 9.22. The minimum atomic E-state index is -0.676. The van der Waals surface area contributed by atoms with Gasteiger partial charge >= 0.3 is 0 Å². The van der Waals surface area contributed by atoms with E-state index in [0.29, 0.717) is 6.54 Å². The van der Waals surface area contributed by atoms with Crippen LogP contribution < -0.4 is 5.32 Å². The molecule has 0 fully saturated rings. The summed E-state index contributed by atoms with van der Waals surface area (Å²) in [6.45, 7) is 9.10. The largest absolute Gasteiger partial charge is 0.396 e. The Hall–Kier alpha value is -0.120. The molecule has 0 aromatic heterocycles. The molecule has 3 nitrogen and oxygen atoms in total. The van der Waals surface area contributed by atoms with Gasteiger partial charge in [0, 0.05) is 25.1 Å². The van der Waals surface area contributed by atoms with Crippen molar-refractivity contribution in [1.29, 1.82) is 0 Å². The summed E-state index contributed by atoms with van der Waals surface area (Å²) in [5, 5.41) is 21.7. The number of nitrogens with one attached hydrogen (secondary N) is 1. The third-order valence-corrected chi connectivity index (χ3v) is 2.34. The van der Waals surface area contributed by atoms with Crippen LogP contribution in [-0.4, -0.2) is 35.5 Å². The van der Waals surface area contributed by atoms with E-state index in [9.17, 15) is 5.11 Å². The first-order valence-corrected chi connectivity index (χ1v) is 4.87. The lowest BCUT2D eigenvalue weighted by molar-refractivity contribution is 0.0698. The summed E-state index contributed by atoms with van der Waals surface area (Å²) in [5.74, 6) is 0. The maximum atomic E-state index is 9.43. The Labute approximate surface area is 81.2 Å². The molecule has 0 bridgehead atoms. The lowest BCUT2D eigenvalue weighted by Crippen LogP contribution is -2.41. The minimum absolute atomic E-state index is 0.0642. The molecule has 80 valence electrons. The molecule has 3 N–H and O–H groups in total. The van der Waals surface area contributed by atoms with Gasteiger partial charge in [0.05, 0.1) is 5.60 Å². The molecule has 1 atom stereocenters. The number of aliphatic hydroxyl groups excluding tert-OH is 1. The number of aliphatic hydroxyl groups is 2. The molecular formula is C10H23NO2. The fourth-order valence-electron chi connectivity index (χ4n) is 0.963. The molecule has 0 rings (SSSR count). The predicted octanol–water partition coefficient (Wildman–Crippen LogP) is 0.755. The summed E-state index contributed by atoms with van der Waals surface area (Å²) in [4.78, 5) is 0. The Morgan fingerprint density at radius 3 is 2.00 bits per heavy atom. The summed E-state index contributed by atoms with van der Waals surface area (Å²) in [5.41, 5.74) is -0.741. The second-order valence-corrected chi connectivity index (χ2v) is 4.74. The van der Waals surface area contributed by atoms with Crippen LogP contribution in [0.1, 0.15) is 34.1 Å². The van der Waals surface area contributed by atoms with E-state index < -0.39 is 5.60 Å². The molecule has 0 saturated heterocycles. The fourth-order valence-corrected chi connectivity index (χ4v) is 0.963. The highest BCUT2D eigenvalue weighted by Gasteiger charge is 2.21. The van der Waals surface area contributed by atoms with Gasteiger partial charge in [0.15, 0.2) is 0 Å². The van der Waals surface area contributed by atoms with Crippen molar-refractivity contribution in [2.24, 2.45) is 5.41 Å². The predicted molar refractivity (Wildman–Crippen MR) is 54.7 cm³/mol. The maximum absolute atomic E-state index is 9.43. The van der Waals surface area contributed by atoms with Crippen LogP contribution in [0.5, 0.6) is 0 Å². The fraction of sp³-hybridized carbons (Fsp3) is 1.00. The first-order valence-electron chi connectivity index (χ1n) is 4.87. The van der Waals surface area contributed by atoms with Crippen LogP contribution in [0.25, 0.3) is 0 Å². The van der Waals surface area contributed by atoms with Crippen LogP contribution in [-0.2, 0) is 0 Å². The van der Waals surface area contributed by atoms with E-state index in [-0.39, 0.29) is 12.0 Å². The van der Waals surface area contributed by atoms with E-state index in [2.05, 4.69) is 12.2 Å². The normalized spacial score (nSPS) is 17.1. The van der Waals surface area contributed by atoms with Crippen LogP contribution in [0.2, 0.25) is 0 Å². The molecule has 0 aliphatic carbocycles. The van der Waals surface area contributed by atoms with Crippen molar-refractivity contribution >= 4 is 0 Å². The highest BCUT2D eigenvalue weighted by Crippen LogP contribution is 2.18. The van der Waals surface area contributed by atoms with Gasteiger partial charge in [-0.1, -0.05) is 13.8 Å². The molecule has 1 unspecified atom stereocenters. The van der Waals surface area contributed by atoms with Crippen LogP contribution in [0.4, 0.5) is 0 Å². The van der Waals surface area contributed by atoms with Gasteiger partial charge in [0.1, 0.15) is 0 Å². The summed E-state index contributed by atoms with van der Waals surface area (Å²) < 4.78 is 0. The molecule has 0 aliphatic rings. The van der Waals surface area contributed by atoms with Crippen molar-refractivity contribution in [3.8, 4) is 0 Å². The van der Waals surface area contributed by atoms with Gasteiger partial charge in [-0.25, -0.2) is 0 Å². The average Bonchev–Trinajstić information content (AvgIpc) is 2.02. The molecule has 0 amide bonds. The van der Waals surface area contributed by atoms with Crippen molar-refractivity contribution in [2.75, 3.05) is 19.7 Å². The second kappa shape index (κ2) is 4.94. The van der Waals surface area contributed by atoms with Gasteiger partial charge in [-0.3, -0.25) is 0 Å². The van der Waals surface area contributed by atoms with Crippen molar-refractivity contribution in [3.05, 3.63) is 0 Å². The van der Waals surface area contributed by atoms with Crippen LogP contribution in [0.3, 0.4) is 0 Å². The Balaban J connectivity index is 3.74. The zero-order chi connectivity index (χ0) is 10.5. The van der Waals surface area contributed by atoms with Gasteiger partial charge < -0.3 is 15.5 Å². The van der Waals surface area contributed by atoms with Crippen molar-refractivity contribution in [2.45, 2.75) is 39.7 Å². The molecule has 0 aromatic rings. The van der Waals surface area contributed by atoms with E-state index in [1.807, 2.05) is 6.92 Å². The Bertz CT molecular complexity index is 136. The van der Waals surface area contributed by atoms with E-state index >= 15 is 0 Å². The van der Waals surface area contributed by atoms with Crippen molar-refractivity contribution in [3.63, 3.8) is 0 Å². The maximum Gasteiger partial charge on any atom is 0.0715 e. The second-order valence-electron chi connectivity index (χ2n) is 4.74. The number of hydrogen-bond acceptors (Lipinski definition) is 3. The smallest absolute Gasteiger partial charge is 0.0715 e. The molecule has 0 spiro atoms. The quantitative estimate of drug-likeness (QED) is 0.578. The van der Waals surface area contributed by atoms with Gasteiger partial charge in [-0.15, -0.1) is 0 Å². The highest BCUT2D eigenvalue weighted by molar-refractivity contribution is 4.77. The topological polar surface area (TPSA) is 52.5 Å². The first-order chi connectivity index (χ1) is 5.83. The van der Waals surface area contributed by atoms with Gasteiger partial charge in [0.2, 0.25) is 0 Å². The lowest BCUT2D eigenvalue weighted by atomic mass is 9.88. The minimum Gasteiger partial charge on any atom is -0.396 e. The van der Waals surface area contributed by atoms with Crippen LogP contribution in [0, 0.1) is 5.41 Å². The third kappa shape index (κ3) is 6.02. The number of hydrogen-bond donors (Lipinski definition) is 3. The Kier molecular flexibility index (Phi) is 4.89. The Morgan fingerprint density at radius 1 is 1.15 bits per heavy atom. The number of rotatable bonds is 6. The summed E-state index contributed by atoms with van der Waals surface area (Å²) >= 11 is 0. The van der Waals surface area contributed by atoms with E-state index in [1.165, 1.54) is 0 Å². The molecule has 0 radical (unpaired) electrons. The van der Waals surface area contributed by atoms with E-state index in [1.54, 1.807) is 13.8 Å². The molecule has 3 heteroatoms. The van der Waals surface area contributed by atoms with E-state index in [0.717, 1.165) is 13.0 Å². The van der Waals surface area contributed by atoms with Crippen molar-refractivity contribution < 1.29 is 10.2 Å². The van der Waals surface area contributed by atoms with Crippen LogP contribution in [0.15, 0.2) is 0 Å². The average molecular weight is 189 g/mol. The standard InChI is InChI=1S/C10H23NO2/c1-5-10(4,8-12)7-11-6-9(2,3)13/h11-13H,5-8H2,1-4H3. The molecule has 0 aliphatic heterocycles. The van der Waals surface area contributed by atoms with Crippen molar-refractivity contribution in [1.82, 2.24) is 5.32 Å². The van der Waals surface area contributed by atoms with Gasteiger partial charge in [-0.05, 0) is 20.3 Å². The van der Waals surface area contributed by atoms with Gasteiger partial charge in [-0.2, -0.15) is 0 Å². The van der Waals surface area contributed by atoms with Crippen LogP contribution >= 0.6 is 0 Å². The SMILES string of the molecule is CCC(C)(CO)CNCC(C)(C)O. The molecular weight excluding hydrogens is 166 g/mol. The molecule has 13 heavy (non-hydrogen) atoms. The zero-order valence-corrected chi connectivity index (χ0v) is 9.22.